The molecule has 0 unspecified atom stereocenters. The molecule has 2 aromatic carbocycles. The fourth-order valence-corrected chi connectivity index (χ4v) is 2.31. The van der Waals surface area contributed by atoms with Crippen molar-refractivity contribution in [1.29, 1.82) is 0 Å². The van der Waals surface area contributed by atoms with Crippen molar-refractivity contribution in [3.05, 3.63) is 65.5 Å². The number of halogens is 1. The second-order valence-electron chi connectivity index (χ2n) is 5.08. The van der Waals surface area contributed by atoms with E-state index in [-0.39, 0.29) is 5.82 Å². The standard InChI is InChI=1S/C17H21FN2/c1-2-10-20(12-14-6-8-17(19)9-7-14)13-15-4-3-5-16(18)11-15/h3-9,11H,2,10,12-13,19H2,1H3. The fraction of sp³-hybridized carbons (Fsp3) is 0.294. The van der Waals surface area contributed by atoms with E-state index in [4.69, 9.17) is 5.73 Å². The summed E-state index contributed by atoms with van der Waals surface area (Å²) in [5.41, 5.74) is 8.71. The van der Waals surface area contributed by atoms with E-state index in [0.717, 1.165) is 37.3 Å². The summed E-state index contributed by atoms with van der Waals surface area (Å²) in [6.07, 6.45) is 1.07. The van der Waals surface area contributed by atoms with Crippen molar-refractivity contribution < 1.29 is 4.39 Å². The normalized spacial score (nSPS) is 10.9. The molecule has 0 aliphatic carbocycles. The molecule has 0 spiro atoms. The van der Waals surface area contributed by atoms with Crippen LogP contribution in [0.4, 0.5) is 10.1 Å². The average Bonchev–Trinajstić information content (AvgIpc) is 2.42. The largest absolute Gasteiger partial charge is 0.399 e. The third-order valence-corrected chi connectivity index (χ3v) is 3.22. The molecule has 2 nitrogen and oxygen atoms in total. The Balaban J connectivity index is 2.05. The van der Waals surface area contributed by atoms with Crippen molar-refractivity contribution in [2.75, 3.05) is 12.3 Å². The van der Waals surface area contributed by atoms with E-state index in [1.807, 2.05) is 30.3 Å². The molecule has 0 fully saturated rings. The maximum atomic E-state index is 13.2. The first-order valence-electron chi connectivity index (χ1n) is 6.98. The predicted molar refractivity (Wildman–Crippen MR) is 81.7 cm³/mol. The molecule has 0 aliphatic heterocycles. The van der Waals surface area contributed by atoms with Crippen LogP contribution in [0.2, 0.25) is 0 Å². The molecule has 0 amide bonds. The molecule has 0 heterocycles. The van der Waals surface area contributed by atoms with Gasteiger partial charge in [0, 0.05) is 18.8 Å². The summed E-state index contributed by atoms with van der Waals surface area (Å²) in [6.45, 7) is 4.75. The zero-order chi connectivity index (χ0) is 14.4. The summed E-state index contributed by atoms with van der Waals surface area (Å²) in [6, 6.07) is 14.7. The van der Waals surface area contributed by atoms with Crippen LogP contribution in [0.5, 0.6) is 0 Å². The number of hydrogen-bond acceptors (Lipinski definition) is 2. The molecule has 2 aromatic rings. The third kappa shape index (κ3) is 4.35. The van der Waals surface area contributed by atoms with Crippen LogP contribution in [0, 0.1) is 5.82 Å². The fourth-order valence-electron chi connectivity index (χ4n) is 2.31. The lowest BCUT2D eigenvalue weighted by Gasteiger charge is -2.22. The maximum Gasteiger partial charge on any atom is 0.123 e. The van der Waals surface area contributed by atoms with Crippen LogP contribution in [0.3, 0.4) is 0 Å². The van der Waals surface area contributed by atoms with E-state index in [9.17, 15) is 4.39 Å². The van der Waals surface area contributed by atoms with Gasteiger partial charge in [-0.2, -0.15) is 0 Å². The van der Waals surface area contributed by atoms with Gasteiger partial charge in [-0.3, -0.25) is 4.90 Å². The number of anilines is 1. The minimum absolute atomic E-state index is 0.175. The molecule has 0 aliphatic rings. The molecule has 0 radical (unpaired) electrons. The Hall–Kier alpha value is -1.87. The van der Waals surface area contributed by atoms with Crippen LogP contribution >= 0.6 is 0 Å². The van der Waals surface area contributed by atoms with E-state index in [1.165, 1.54) is 11.6 Å². The van der Waals surface area contributed by atoms with Crippen LogP contribution in [0.25, 0.3) is 0 Å². The zero-order valence-corrected chi connectivity index (χ0v) is 11.8. The summed E-state index contributed by atoms with van der Waals surface area (Å²) < 4.78 is 13.2. The van der Waals surface area contributed by atoms with E-state index in [1.54, 1.807) is 12.1 Å². The number of nitrogen functional groups attached to an aromatic ring is 1. The Labute approximate surface area is 120 Å². The highest BCUT2D eigenvalue weighted by molar-refractivity contribution is 5.39. The second-order valence-corrected chi connectivity index (χ2v) is 5.08. The lowest BCUT2D eigenvalue weighted by Crippen LogP contribution is -2.23. The van der Waals surface area contributed by atoms with Crippen molar-refractivity contribution in [2.45, 2.75) is 26.4 Å². The molecule has 3 heteroatoms. The maximum absolute atomic E-state index is 13.2. The van der Waals surface area contributed by atoms with Crippen molar-refractivity contribution in [2.24, 2.45) is 0 Å². The van der Waals surface area contributed by atoms with Gasteiger partial charge in [0.25, 0.3) is 0 Å². The Morgan fingerprint density at radius 3 is 2.35 bits per heavy atom. The first kappa shape index (κ1) is 14.5. The topological polar surface area (TPSA) is 29.3 Å². The molecule has 0 saturated carbocycles. The lowest BCUT2D eigenvalue weighted by atomic mass is 10.1. The minimum atomic E-state index is -0.175. The SMILES string of the molecule is CCCN(Cc1ccc(N)cc1)Cc1cccc(F)c1. The first-order chi connectivity index (χ1) is 9.67. The van der Waals surface area contributed by atoms with Crippen LogP contribution in [0.15, 0.2) is 48.5 Å². The molecular weight excluding hydrogens is 251 g/mol. The quantitative estimate of drug-likeness (QED) is 0.810. The highest BCUT2D eigenvalue weighted by Gasteiger charge is 2.07. The minimum Gasteiger partial charge on any atom is -0.399 e. The molecule has 0 bridgehead atoms. The number of nitrogens with zero attached hydrogens (tertiary/aromatic N) is 1. The van der Waals surface area contributed by atoms with Gasteiger partial charge in [0.05, 0.1) is 0 Å². The van der Waals surface area contributed by atoms with Crippen LogP contribution in [0.1, 0.15) is 24.5 Å². The van der Waals surface area contributed by atoms with E-state index >= 15 is 0 Å². The van der Waals surface area contributed by atoms with E-state index < -0.39 is 0 Å². The van der Waals surface area contributed by atoms with Gasteiger partial charge in [-0.1, -0.05) is 31.2 Å². The first-order valence-corrected chi connectivity index (χ1v) is 6.98. The predicted octanol–water partition coefficient (Wildman–Crippen LogP) is 3.82. The van der Waals surface area contributed by atoms with Crippen LogP contribution in [-0.4, -0.2) is 11.4 Å². The van der Waals surface area contributed by atoms with Gasteiger partial charge in [0.1, 0.15) is 5.82 Å². The number of rotatable bonds is 6. The smallest absolute Gasteiger partial charge is 0.123 e. The molecule has 0 atom stereocenters. The van der Waals surface area contributed by atoms with Crippen LogP contribution in [-0.2, 0) is 13.1 Å². The molecule has 106 valence electrons. The molecule has 0 saturated heterocycles. The highest BCUT2D eigenvalue weighted by atomic mass is 19.1. The molecule has 20 heavy (non-hydrogen) atoms. The van der Waals surface area contributed by atoms with Gasteiger partial charge in [-0.25, -0.2) is 4.39 Å². The second kappa shape index (κ2) is 7.06. The Morgan fingerprint density at radius 1 is 1.00 bits per heavy atom. The number of nitrogens with two attached hydrogens (primary N) is 1. The monoisotopic (exact) mass is 272 g/mol. The summed E-state index contributed by atoms with van der Waals surface area (Å²) >= 11 is 0. The van der Waals surface area contributed by atoms with Crippen molar-refractivity contribution in [3.63, 3.8) is 0 Å². The Kier molecular flexibility index (Phi) is 5.13. The van der Waals surface area contributed by atoms with E-state index in [0.29, 0.717) is 0 Å². The molecule has 2 rings (SSSR count). The summed E-state index contributed by atoms with van der Waals surface area (Å²) in [7, 11) is 0. The van der Waals surface area contributed by atoms with Crippen molar-refractivity contribution in [1.82, 2.24) is 4.90 Å². The zero-order valence-electron chi connectivity index (χ0n) is 11.8. The summed E-state index contributed by atoms with van der Waals surface area (Å²) in [4.78, 5) is 2.32. The highest BCUT2D eigenvalue weighted by Crippen LogP contribution is 2.13. The van der Waals surface area contributed by atoms with Crippen LogP contribution < -0.4 is 5.73 Å². The van der Waals surface area contributed by atoms with Gasteiger partial charge in [-0.05, 0) is 48.4 Å². The summed E-state index contributed by atoms with van der Waals surface area (Å²) in [5, 5.41) is 0. The van der Waals surface area contributed by atoms with Crippen molar-refractivity contribution >= 4 is 5.69 Å². The van der Waals surface area contributed by atoms with Crippen molar-refractivity contribution in [3.8, 4) is 0 Å². The molecule has 0 aromatic heterocycles. The number of hydrogen-bond donors (Lipinski definition) is 1. The Morgan fingerprint density at radius 2 is 1.70 bits per heavy atom. The van der Waals surface area contributed by atoms with Gasteiger partial charge in [0.2, 0.25) is 0 Å². The molecule has 2 N–H and O–H groups in total. The average molecular weight is 272 g/mol. The summed E-state index contributed by atoms with van der Waals surface area (Å²) in [5.74, 6) is -0.175. The third-order valence-electron chi connectivity index (χ3n) is 3.22. The van der Waals surface area contributed by atoms with Gasteiger partial charge in [0.15, 0.2) is 0 Å². The van der Waals surface area contributed by atoms with Gasteiger partial charge < -0.3 is 5.73 Å². The van der Waals surface area contributed by atoms with Gasteiger partial charge in [-0.15, -0.1) is 0 Å². The lowest BCUT2D eigenvalue weighted by molar-refractivity contribution is 0.257. The Bertz CT molecular complexity index is 537. The van der Waals surface area contributed by atoms with Gasteiger partial charge >= 0.3 is 0 Å². The number of benzene rings is 2. The van der Waals surface area contributed by atoms with E-state index in [2.05, 4.69) is 11.8 Å². The molecular formula is C17H21FN2.